The first-order valence-corrected chi connectivity index (χ1v) is 15.8. The summed E-state index contributed by atoms with van der Waals surface area (Å²) in [5, 5.41) is 3.73. The van der Waals surface area contributed by atoms with E-state index in [1.54, 1.807) is 13.0 Å². The summed E-state index contributed by atoms with van der Waals surface area (Å²) in [6.07, 6.45) is -0.440. The Labute approximate surface area is 254 Å². The molecule has 0 unspecified atom stereocenters. The second kappa shape index (κ2) is 14.0. The van der Waals surface area contributed by atoms with Crippen LogP contribution >= 0.6 is 23.7 Å². The molecule has 11 nitrogen and oxygen atoms in total. The number of fused-ring (bicyclic) bond motifs is 1. The molecule has 5 rings (SSSR count). The first kappa shape index (κ1) is 31.9. The summed E-state index contributed by atoms with van der Waals surface area (Å²) >= 11 is 1.49. The molecule has 0 radical (unpaired) electrons. The Kier molecular flexibility index (Phi) is 10.6. The van der Waals surface area contributed by atoms with Crippen molar-refractivity contribution in [1.82, 2.24) is 24.4 Å². The van der Waals surface area contributed by atoms with Crippen LogP contribution in [0.1, 0.15) is 17.3 Å². The molecule has 42 heavy (non-hydrogen) atoms. The van der Waals surface area contributed by atoms with Gasteiger partial charge >= 0.3 is 6.09 Å². The molecule has 0 bridgehead atoms. The van der Waals surface area contributed by atoms with Crippen LogP contribution in [0.3, 0.4) is 0 Å². The Morgan fingerprint density at radius 1 is 1.00 bits per heavy atom. The second-order valence-corrected chi connectivity index (χ2v) is 12.7. The van der Waals surface area contributed by atoms with E-state index in [9.17, 15) is 22.4 Å². The van der Waals surface area contributed by atoms with E-state index in [0.717, 1.165) is 36.0 Å². The number of para-hydroxylation sites is 1. The highest BCUT2D eigenvalue weighted by Gasteiger charge is 2.30. The summed E-state index contributed by atoms with van der Waals surface area (Å²) in [7, 11) is -3.74. The summed E-state index contributed by atoms with van der Waals surface area (Å²) in [5.41, 5.74) is 0.793. The molecule has 3 aromatic rings. The smallest absolute Gasteiger partial charge is 0.409 e. The monoisotopic (exact) mass is 640 g/mol. The normalized spacial score (nSPS) is 16.7. The number of carbonyl (C=O) groups is 2. The van der Waals surface area contributed by atoms with Crippen LogP contribution < -0.4 is 10.2 Å². The molecule has 2 fully saturated rings. The van der Waals surface area contributed by atoms with Gasteiger partial charge in [-0.05, 0) is 43.3 Å². The predicted octanol–water partition coefficient (Wildman–Crippen LogP) is 2.87. The number of ether oxygens (including phenoxy) is 1. The maximum absolute atomic E-state index is 14.0. The van der Waals surface area contributed by atoms with E-state index in [-0.39, 0.29) is 61.8 Å². The molecule has 0 spiro atoms. The number of carbonyl (C=O) groups excluding carboxylic acids is 2. The molecule has 1 aromatic heterocycles. The van der Waals surface area contributed by atoms with Crippen molar-refractivity contribution in [3.63, 3.8) is 0 Å². The first-order valence-electron chi connectivity index (χ1n) is 13.6. The van der Waals surface area contributed by atoms with Crippen LogP contribution in [0.15, 0.2) is 47.4 Å². The summed E-state index contributed by atoms with van der Waals surface area (Å²) < 4.78 is 47.3. The topological polar surface area (TPSA) is 115 Å². The molecule has 2 amide bonds. The van der Waals surface area contributed by atoms with E-state index in [4.69, 9.17) is 4.74 Å². The third-order valence-electron chi connectivity index (χ3n) is 7.23. The van der Waals surface area contributed by atoms with Gasteiger partial charge in [0.05, 0.1) is 16.2 Å². The van der Waals surface area contributed by atoms with Crippen molar-refractivity contribution in [3.05, 3.63) is 53.8 Å². The van der Waals surface area contributed by atoms with Gasteiger partial charge in [0.1, 0.15) is 11.3 Å². The molecule has 2 aliphatic rings. The minimum Gasteiger partial charge on any atom is -0.450 e. The Bertz CT molecular complexity index is 1490. The average molecular weight is 641 g/mol. The van der Waals surface area contributed by atoms with Gasteiger partial charge in [-0.15, -0.1) is 12.4 Å². The Morgan fingerprint density at radius 2 is 1.69 bits per heavy atom. The van der Waals surface area contributed by atoms with Gasteiger partial charge in [-0.2, -0.15) is 4.31 Å². The Hall–Kier alpha value is -3.04. The van der Waals surface area contributed by atoms with Crippen molar-refractivity contribution in [2.24, 2.45) is 0 Å². The average Bonchev–Trinajstić information content (AvgIpc) is 3.44. The summed E-state index contributed by atoms with van der Waals surface area (Å²) in [5.74, 6) is -0.575. The lowest BCUT2D eigenvalue weighted by Crippen LogP contribution is -2.50. The van der Waals surface area contributed by atoms with E-state index < -0.39 is 16.1 Å². The fourth-order valence-electron chi connectivity index (χ4n) is 4.88. The van der Waals surface area contributed by atoms with Gasteiger partial charge < -0.3 is 19.9 Å². The molecule has 3 heterocycles. The summed E-state index contributed by atoms with van der Waals surface area (Å²) in [6, 6.07) is 10.9. The van der Waals surface area contributed by atoms with Gasteiger partial charge in [0.15, 0.2) is 5.13 Å². The number of rotatable bonds is 8. The number of amides is 2. The van der Waals surface area contributed by atoms with Crippen LogP contribution in [0.4, 0.5) is 14.3 Å². The van der Waals surface area contributed by atoms with Gasteiger partial charge in [0, 0.05) is 71.0 Å². The maximum atomic E-state index is 14.0. The number of thiazole rings is 1. The number of nitrogens with zero attached hydrogens (tertiary/aromatic N) is 5. The van der Waals surface area contributed by atoms with Crippen LogP contribution in [0.25, 0.3) is 10.2 Å². The molecule has 0 atom stereocenters. The number of aromatic nitrogens is 1. The molecule has 228 valence electrons. The number of hydrogen-bond donors (Lipinski definition) is 1. The number of anilines is 1. The van der Waals surface area contributed by atoms with Crippen molar-refractivity contribution in [2.75, 3.05) is 77.0 Å². The van der Waals surface area contributed by atoms with E-state index in [0.29, 0.717) is 24.2 Å². The van der Waals surface area contributed by atoms with Gasteiger partial charge in [0.25, 0.3) is 5.91 Å². The third kappa shape index (κ3) is 7.11. The fraction of sp³-hybridized carbons (Fsp3) is 0.444. The lowest BCUT2D eigenvalue weighted by Gasteiger charge is -2.34. The first-order chi connectivity index (χ1) is 19.8. The number of halogens is 2. The van der Waals surface area contributed by atoms with Crippen LogP contribution in [0, 0.1) is 5.82 Å². The fourth-order valence-corrected chi connectivity index (χ4v) is 7.34. The zero-order valence-electron chi connectivity index (χ0n) is 23.2. The number of piperazine rings is 2. The lowest BCUT2D eigenvalue weighted by atomic mass is 10.2. The molecule has 0 aliphatic carbocycles. The van der Waals surface area contributed by atoms with Crippen molar-refractivity contribution in [1.29, 1.82) is 0 Å². The van der Waals surface area contributed by atoms with Gasteiger partial charge in [0.2, 0.25) is 10.0 Å². The minimum absolute atomic E-state index is 0. The molecule has 0 saturated carbocycles. The maximum Gasteiger partial charge on any atom is 0.409 e. The predicted molar refractivity (Wildman–Crippen MR) is 162 cm³/mol. The molecule has 1 N–H and O–H groups in total. The second-order valence-electron chi connectivity index (χ2n) is 9.78. The van der Waals surface area contributed by atoms with Crippen molar-refractivity contribution in [2.45, 2.75) is 11.8 Å². The number of sulfonamides is 1. The van der Waals surface area contributed by atoms with Crippen LogP contribution in [-0.2, 0) is 14.8 Å². The quantitative estimate of drug-likeness (QED) is 0.400. The lowest BCUT2D eigenvalue weighted by molar-refractivity contribution is 0.0932. The Morgan fingerprint density at radius 3 is 2.33 bits per heavy atom. The van der Waals surface area contributed by atoms with E-state index in [2.05, 4.69) is 20.1 Å². The largest absolute Gasteiger partial charge is 0.450 e. The molecule has 15 heteroatoms. The molecular formula is C27H34ClFN6O5S2. The highest BCUT2D eigenvalue weighted by molar-refractivity contribution is 7.89. The summed E-state index contributed by atoms with van der Waals surface area (Å²) in [6.45, 7) is 7.13. The molecule has 2 saturated heterocycles. The van der Waals surface area contributed by atoms with Crippen LogP contribution in [-0.4, -0.2) is 112 Å². The summed E-state index contributed by atoms with van der Waals surface area (Å²) in [4.78, 5) is 35.0. The van der Waals surface area contributed by atoms with Crippen molar-refractivity contribution < 1.29 is 27.1 Å². The highest BCUT2D eigenvalue weighted by atomic mass is 35.5. The minimum atomic E-state index is -3.74. The van der Waals surface area contributed by atoms with E-state index in [1.165, 1.54) is 50.9 Å². The number of nitrogens with one attached hydrogen (secondary N) is 1. The zero-order valence-corrected chi connectivity index (χ0v) is 25.6. The van der Waals surface area contributed by atoms with Crippen molar-refractivity contribution in [3.8, 4) is 0 Å². The van der Waals surface area contributed by atoms with Crippen LogP contribution in [0.2, 0.25) is 0 Å². The molecule has 2 aliphatic heterocycles. The SMILES string of the molecule is CCOC(=O)N1CCN(S(=O)(=O)c2ccc(C(=O)NCCN3CCN(c4nc5c(F)cccc5s4)CC3)cc2)CC1.Cl. The van der Waals surface area contributed by atoms with E-state index >= 15 is 0 Å². The van der Waals surface area contributed by atoms with Gasteiger partial charge in [-0.25, -0.2) is 22.6 Å². The standard InChI is InChI=1S/C27H33FN6O5S2.ClH/c1-2-39-27(36)33-16-18-34(19-17-33)41(37,38)21-8-6-20(7-9-21)25(35)29-10-11-31-12-14-32(15-13-31)26-30-24-22(28)4-3-5-23(24)40-26;/h3-9H,2,10-19H2,1H3,(H,29,35);1H. The van der Waals surface area contributed by atoms with Gasteiger partial charge in [-0.3, -0.25) is 9.69 Å². The van der Waals surface area contributed by atoms with Gasteiger partial charge in [-0.1, -0.05) is 17.4 Å². The Balaban J connectivity index is 0.00000405. The van der Waals surface area contributed by atoms with E-state index in [1.807, 2.05) is 6.07 Å². The highest BCUT2D eigenvalue weighted by Crippen LogP contribution is 2.30. The molecule has 2 aromatic carbocycles. The number of hydrogen-bond acceptors (Lipinski definition) is 9. The number of benzene rings is 2. The zero-order chi connectivity index (χ0) is 29.0. The van der Waals surface area contributed by atoms with Crippen molar-refractivity contribution >= 4 is 61.1 Å². The van der Waals surface area contributed by atoms with Crippen LogP contribution in [0.5, 0.6) is 0 Å². The third-order valence-corrected chi connectivity index (χ3v) is 10.2. The molecular weight excluding hydrogens is 607 g/mol.